The first-order chi connectivity index (χ1) is 18.3. The number of ether oxygens (including phenoxy) is 2. The molecule has 1 saturated heterocycles. The van der Waals surface area contributed by atoms with Gasteiger partial charge in [0.2, 0.25) is 0 Å². The summed E-state index contributed by atoms with van der Waals surface area (Å²) in [6.45, 7) is 1.99. The highest BCUT2D eigenvalue weighted by atomic mass is 35.5. The van der Waals surface area contributed by atoms with Crippen LogP contribution in [-0.4, -0.2) is 68.6 Å². The van der Waals surface area contributed by atoms with Gasteiger partial charge < -0.3 is 30.1 Å². The van der Waals surface area contributed by atoms with Crippen molar-refractivity contribution in [2.45, 2.75) is 36.9 Å². The van der Waals surface area contributed by atoms with Gasteiger partial charge in [0.15, 0.2) is 11.5 Å². The van der Waals surface area contributed by atoms with Gasteiger partial charge in [-0.1, -0.05) is 29.3 Å². The van der Waals surface area contributed by atoms with Crippen molar-refractivity contribution in [2.24, 2.45) is 5.92 Å². The molecule has 3 N–H and O–H groups in total. The predicted molar refractivity (Wildman–Crippen MR) is 142 cm³/mol. The molecule has 13 heteroatoms. The molecule has 1 heterocycles. The third-order valence-corrected chi connectivity index (χ3v) is 7.64. The van der Waals surface area contributed by atoms with Crippen molar-refractivity contribution >= 4 is 40.9 Å². The number of rotatable bonds is 5. The molecule has 8 nitrogen and oxygen atoms in total. The molecule has 0 aromatic heterocycles. The lowest BCUT2D eigenvalue weighted by atomic mass is 9.63. The van der Waals surface area contributed by atoms with Crippen LogP contribution < -0.4 is 20.1 Å². The maximum atomic E-state index is 12.6. The summed E-state index contributed by atoms with van der Waals surface area (Å²) in [5.41, 5.74) is 1.87. The zero-order valence-electron chi connectivity index (χ0n) is 21.6. The van der Waals surface area contributed by atoms with E-state index in [9.17, 15) is 18.0 Å². The smallest absolute Gasteiger partial charge is 0.490 e. The third-order valence-electron chi connectivity index (χ3n) is 7.09. The number of aliphatic carboxylic acids is 1. The van der Waals surface area contributed by atoms with Crippen molar-refractivity contribution in [1.29, 1.82) is 0 Å². The number of halogens is 5. The minimum atomic E-state index is -5.08. The largest absolute Gasteiger partial charge is 0.493 e. The first-order valence-electron chi connectivity index (χ1n) is 12.0. The molecule has 0 bridgehead atoms. The Morgan fingerprint density at radius 3 is 2.36 bits per heavy atom. The van der Waals surface area contributed by atoms with Crippen LogP contribution in [0.25, 0.3) is 0 Å². The van der Waals surface area contributed by atoms with E-state index in [2.05, 4.69) is 34.7 Å². The fourth-order valence-corrected chi connectivity index (χ4v) is 5.84. The average Bonchev–Trinajstić information content (AvgIpc) is 3.21. The molecular weight excluding hydrogens is 562 g/mol. The molecule has 4 rings (SSSR count). The summed E-state index contributed by atoms with van der Waals surface area (Å²) in [5.74, 6) is -0.827. The second-order valence-corrected chi connectivity index (χ2v) is 10.5. The molecule has 3 atom stereocenters. The monoisotopic (exact) mass is 591 g/mol. The minimum Gasteiger partial charge on any atom is -0.493 e. The summed E-state index contributed by atoms with van der Waals surface area (Å²) in [6.07, 6.45) is -2.27. The molecule has 39 heavy (non-hydrogen) atoms. The lowest BCUT2D eigenvalue weighted by Crippen LogP contribution is -2.48. The van der Waals surface area contributed by atoms with Gasteiger partial charge in [-0.05, 0) is 68.1 Å². The quantitative estimate of drug-likeness (QED) is 0.405. The number of benzene rings is 2. The molecule has 2 fully saturated rings. The van der Waals surface area contributed by atoms with E-state index in [0.717, 1.165) is 43.9 Å². The fraction of sp³-hybridized carbons (Fsp3) is 0.462. The number of likely N-dealkylation sites (N-methyl/N-ethyl adjacent to an activating group) is 1. The van der Waals surface area contributed by atoms with Crippen molar-refractivity contribution < 1.29 is 37.3 Å². The Morgan fingerprint density at radius 2 is 1.77 bits per heavy atom. The molecule has 2 aromatic rings. The molecule has 214 valence electrons. The Hall–Kier alpha value is -2.89. The van der Waals surface area contributed by atoms with Crippen LogP contribution in [0.1, 0.15) is 24.8 Å². The molecule has 0 radical (unpaired) electrons. The van der Waals surface area contributed by atoms with Crippen LogP contribution in [0.4, 0.5) is 23.7 Å². The number of carboxylic acids is 1. The summed E-state index contributed by atoms with van der Waals surface area (Å²) in [5, 5.41) is 14.1. The Balaban J connectivity index is 0.000000532. The van der Waals surface area contributed by atoms with E-state index in [1.807, 2.05) is 6.07 Å². The van der Waals surface area contributed by atoms with Gasteiger partial charge in [-0.15, -0.1) is 0 Å². The van der Waals surface area contributed by atoms with Gasteiger partial charge in [0.05, 0.1) is 24.9 Å². The Kier molecular flexibility index (Phi) is 9.84. The van der Waals surface area contributed by atoms with Crippen LogP contribution >= 0.6 is 23.2 Å². The second-order valence-electron chi connectivity index (χ2n) is 9.62. The van der Waals surface area contributed by atoms with E-state index in [4.69, 9.17) is 42.6 Å². The first-order valence-corrected chi connectivity index (χ1v) is 12.8. The molecule has 1 saturated carbocycles. The summed E-state index contributed by atoms with van der Waals surface area (Å²) >= 11 is 12.1. The number of amides is 2. The maximum absolute atomic E-state index is 12.6. The number of hydrogen-bond acceptors (Lipinski definition) is 5. The van der Waals surface area contributed by atoms with E-state index < -0.39 is 12.1 Å². The Morgan fingerprint density at radius 1 is 1.10 bits per heavy atom. The van der Waals surface area contributed by atoms with Gasteiger partial charge in [0.25, 0.3) is 0 Å². The van der Waals surface area contributed by atoms with Crippen molar-refractivity contribution in [1.82, 2.24) is 10.2 Å². The van der Waals surface area contributed by atoms with E-state index in [0.29, 0.717) is 21.7 Å². The van der Waals surface area contributed by atoms with Crippen LogP contribution in [0, 0.1) is 5.92 Å². The van der Waals surface area contributed by atoms with E-state index in [1.165, 1.54) is 5.56 Å². The average molecular weight is 592 g/mol. The summed E-state index contributed by atoms with van der Waals surface area (Å²) < 4.78 is 42.7. The maximum Gasteiger partial charge on any atom is 0.490 e. The highest BCUT2D eigenvalue weighted by Gasteiger charge is 2.50. The molecule has 0 spiro atoms. The van der Waals surface area contributed by atoms with E-state index in [1.54, 1.807) is 32.4 Å². The predicted octanol–water partition coefficient (Wildman–Crippen LogP) is 5.82. The van der Waals surface area contributed by atoms with E-state index in [-0.39, 0.29) is 17.5 Å². The number of nitrogens with zero attached hydrogens (tertiary/aromatic N) is 1. The number of alkyl halides is 3. The SMILES string of the molecule is COc1ccc([C@@]23CC[C@@H](NC(=O)Nc4ccc(Cl)cc4Cl)C[C@@H]2CN(C)C3)cc1OC.O=C(O)C(F)(F)F. The zero-order chi connectivity index (χ0) is 29.0. The van der Waals surface area contributed by atoms with Crippen molar-refractivity contribution in [2.75, 3.05) is 39.7 Å². The van der Waals surface area contributed by atoms with Crippen LogP contribution in [0.2, 0.25) is 10.0 Å². The summed E-state index contributed by atoms with van der Waals surface area (Å²) in [4.78, 5) is 23.9. The van der Waals surface area contributed by atoms with Crippen LogP contribution in [0.15, 0.2) is 36.4 Å². The number of nitrogens with one attached hydrogen (secondary N) is 2. The third kappa shape index (κ3) is 7.40. The van der Waals surface area contributed by atoms with Gasteiger partial charge in [-0.25, -0.2) is 9.59 Å². The van der Waals surface area contributed by atoms with Crippen molar-refractivity contribution in [3.63, 3.8) is 0 Å². The zero-order valence-corrected chi connectivity index (χ0v) is 23.1. The number of carboxylic acid groups (broad SMARTS) is 1. The number of carbonyl (C=O) groups excluding carboxylic acids is 1. The fourth-order valence-electron chi connectivity index (χ4n) is 5.39. The molecular formula is C26H30Cl2F3N3O5. The Bertz CT molecular complexity index is 1200. The number of urea groups is 1. The van der Waals surface area contributed by atoms with E-state index >= 15 is 0 Å². The second kappa shape index (κ2) is 12.5. The number of hydrogen-bond donors (Lipinski definition) is 3. The first kappa shape index (κ1) is 30.6. The standard InChI is InChI=1S/C24H29Cl2N3O3.C2HF3O2/c1-29-13-16-10-18(27-23(30)28-20-6-5-17(25)12-19(20)26)8-9-24(16,14-29)15-4-7-21(31-2)22(11-15)32-3;3-2(4,5)1(6)7/h4-7,11-12,16,18H,8-10,13-14H2,1-3H3,(H2,27,28,30);(H,6,7)/t16-,18-,24+;/m1./s1. The molecule has 1 aliphatic carbocycles. The molecule has 2 aromatic carbocycles. The summed E-state index contributed by atoms with van der Waals surface area (Å²) in [7, 11) is 5.49. The van der Waals surface area contributed by atoms with Crippen LogP contribution in [0.5, 0.6) is 11.5 Å². The normalized spacial score (nSPS) is 22.7. The van der Waals surface area contributed by atoms with Crippen LogP contribution in [0.3, 0.4) is 0 Å². The highest BCUT2D eigenvalue weighted by molar-refractivity contribution is 6.36. The summed E-state index contributed by atoms with van der Waals surface area (Å²) in [6, 6.07) is 11.2. The number of fused-ring (bicyclic) bond motifs is 1. The van der Waals surface area contributed by atoms with Gasteiger partial charge in [-0.3, -0.25) is 0 Å². The van der Waals surface area contributed by atoms with Crippen molar-refractivity contribution in [3.05, 3.63) is 52.0 Å². The number of methoxy groups -OCH3 is 2. The van der Waals surface area contributed by atoms with Crippen LogP contribution in [-0.2, 0) is 10.2 Å². The molecule has 0 unspecified atom stereocenters. The molecule has 2 aliphatic rings. The van der Waals surface area contributed by atoms with Gasteiger partial charge in [-0.2, -0.15) is 13.2 Å². The van der Waals surface area contributed by atoms with Gasteiger partial charge in [0, 0.05) is 29.6 Å². The number of carbonyl (C=O) groups is 2. The van der Waals surface area contributed by atoms with Gasteiger partial charge in [0.1, 0.15) is 0 Å². The lowest BCUT2D eigenvalue weighted by Gasteiger charge is -2.42. The Labute approximate surface area is 234 Å². The minimum absolute atomic E-state index is 0.0441. The van der Waals surface area contributed by atoms with Gasteiger partial charge >= 0.3 is 18.2 Å². The molecule has 1 aliphatic heterocycles. The van der Waals surface area contributed by atoms with Crippen molar-refractivity contribution in [3.8, 4) is 11.5 Å². The topological polar surface area (TPSA) is 100 Å². The highest BCUT2D eigenvalue weighted by Crippen LogP contribution is 2.49. The number of anilines is 1. The number of likely N-dealkylation sites (tertiary alicyclic amines) is 1. The molecule has 2 amide bonds. The lowest BCUT2D eigenvalue weighted by molar-refractivity contribution is -0.192.